The van der Waals surface area contributed by atoms with Crippen LogP contribution in [0.1, 0.15) is 31.0 Å². The van der Waals surface area contributed by atoms with Gasteiger partial charge in [0.05, 0.1) is 5.69 Å². The molecule has 0 radical (unpaired) electrons. The van der Waals surface area contributed by atoms with E-state index in [1.54, 1.807) is 12.4 Å². The Kier molecular flexibility index (Phi) is 4.16. The van der Waals surface area contributed by atoms with Crippen molar-refractivity contribution in [1.29, 1.82) is 0 Å². The van der Waals surface area contributed by atoms with E-state index in [-0.39, 0.29) is 0 Å². The van der Waals surface area contributed by atoms with Crippen molar-refractivity contribution in [1.82, 2.24) is 15.0 Å². The summed E-state index contributed by atoms with van der Waals surface area (Å²) in [6, 6.07) is 13.7. The summed E-state index contributed by atoms with van der Waals surface area (Å²) in [6.45, 7) is 4.25. The Hall–Kier alpha value is -2.99. The molecule has 0 atom stereocenters. The van der Waals surface area contributed by atoms with Gasteiger partial charge < -0.3 is 0 Å². The number of pyridine rings is 1. The zero-order valence-corrected chi connectivity index (χ0v) is 13.2. The SMILES string of the molecule is C#Cc1cccc(-c2cc(-c3ncccn3)cc(C(C)C)n2)c1. The average Bonchev–Trinajstić information content (AvgIpc) is 2.62. The predicted octanol–water partition coefficient (Wildman–Crippen LogP) is 4.31. The second-order valence-corrected chi connectivity index (χ2v) is 5.62. The molecule has 3 rings (SSSR count). The van der Waals surface area contributed by atoms with Gasteiger partial charge in [0.25, 0.3) is 0 Å². The fraction of sp³-hybridized carbons (Fsp3) is 0.150. The maximum Gasteiger partial charge on any atom is 0.159 e. The standard InChI is InChI=1S/C20H17N3/c1-4-15-7-5-8-16(11-15)19-13-17(12-18(23-19)14(2)3)20-21-9-6-10-22-20/h1,5-14H,2-3H3. The van der Waals surface area contributed by atoms with Crippen LogP contribution in [0.15, 0.2) is 54.9 Å². The van der Waals surface area contributed by atoms with Crippen LogP contribution < -0.4 is 0 Å². The fourth-order valence-electron chi connectivity index (χ4n) is 2.34. The highest BCUT2D eigenvalue weighted by Crippen LogP contribution is 2.27. The quantitative estimate of drug-likeness (QED) is 0.676. The highest BCUT2D eigenvalue weighted by Gasteiger charge is 2.11. The van der Waals surface area contributed by atoms with Crippen molar-refractivity contribution < 1.29 is 0 Å². The maximum absolute atomic E-state index is 5.51. The van der Waals surface area contributed by atoms with E-state index in [1.807, 2.05) is 36.4 Å². The molecule has 0 bridgehead atoms. The minimum Gasteiger partial charge on any atom is -0.253 e. The summed E-state index contributed by atoms with van der Waals surface area (Å²) < 4.78 is 0. The summed E-state index contributed by atoms with van der Waals surface area (Å²) in [5, 5.41) is 0. The van der Waals surface area contributed by atoms with Gasteiger partial charge in [-0.25, -0.2) is 9.97 Å². The highest BCUT2D eigenvalue weighted by atomic mass is 14.9. The smallest absolute Gasteiger partial charge is 0.159 e. The van der Waals surface area contributed by atoms with Crippen LogP contribution in [0, 0.1) is 12.3 Å². The van der Waals surface area contributed by atoms with Gasteiger partial charge in [-0.05, 0) is 36.2 Å². The van der Waals surface area contributed by atoms with Gasteiger partial charge >= 0.3 is 0 Å². The van der Waals surface area contributed by atoms with E-state index >= 15 is 0 Å². The molecule has 0 unspecified atom stereocenters. The van der Waals surface area contributed by atoms with E-state index in [0.29, 0.717) is 11.7 Å². The highest BCUT2D eigenvalue weighted by molar-refractivity contribution is 5.68. The van der Waals surface area contributed by atoms with Crippen LogP contribution in [0.2, 0.25) is 0 Å². The molecule has 0 saturated carbocycles. The Balaban J connectivity index is 2.17. The van der Waals surface area contributed by atoms with E-state index < -0.39 is 0 Å². The van der Waals surface area contributed by atoms with E-state index in [1.165, 1.54) is 0 Å². The van der Waals surface area contributed by atoms with E-state index in [4.69, 9.17) is 11.4 Å². The summed E-state index contributed by atoms with van der Waals surface area (Å²) in [5.74, 6) is 3.68. The first kappa shape index (κ1) is 14.9. The van der Waals surface area contributed by atoms with Crippen LogP contribution in [0.4, 0.5) is 0 Å². The molecule has 3 heteroatoms. The van der Waals surface area contributed by atoms with E-state index in [9.17, 15) is 0 Å². The number of aromatic nitrogens is 3. The van der Waals surface area contributed by atoms with Gasteiger partial charge in [0, 0.05) is 34.8 Å². The number of benzene rings is 1. The molecule has 2 aromatic heterocycles. The molecule has 0 saturated heterocycles. The topological polar surface area (TPSA) is 38.7 Å². The van der Waals surface area contributed by atoms with Crippen LogP contribution in [-0.4, -0.2) is 15.0 Å². The average molecular weight is 299 g/mol. The lowest BCUT2D eigenvalue weighted by molar-refractivity contribution is 0.824. The van der Waals surface area contributed by atoms with Gasteiger partial charge in [0.15, 0.2) is 5.82 Å². The lowest BCUT2D eigenvalue weighted by atomic mass is 10.0. The Labute approximate surface area is 136 Å². The number of terminal acetylenes is 1. The van der Waals surface area contributed by atoms with Crippen molar-refractivity contribution in [2.24, 2.45) is 0 Å². The van der Waals surface area contributed by atoms with Gasteiger partial charge in [0.1, 0.15) is 0 Å². The third kappa shape index (κ3) is 3.27. The fourth-order valence-corrected chi connectivity index (χ4v) is 2.34. The number of hydrogen-bond donors (Lipinski definition) is 0. The van der Waals surface area contributed by atoms with Gasteiger partial charge in [-0.2, -0.15) is 0 Å². The molecule has 0 amide bonds. The van der Waals surface area contributed by atoms with E-state index in [0.717, 1.165) is 28.1 Å². The molecule has 1 aromatic carbocycles. The van der Waals surface area contributed by atoms with Gasteiger partial charge in [-0.1, -0.05) is 31.9 Å². The molecule has 0 N–H and O–H groups in total. The van der Waals surface area contributed by atoms with Crippen molar-refractivity contribution in [2.45, 2.75) is 19.8 Å². The summed E-state index contributed by atoms with van der Waals surface area (Å²) >= 11 is 0. The molecular formula is C20H17N3. The minimum atomic E-state index is 0.313. The van der Waals surface area contributed by atoms with Crippen molar-refractivity contribution in [3.05, 3.63) is 66.1 Å². The first-order chi connectivity index (χ1) is 11.2. The van der Waals surface area contributed by atoms with Crippen molar-refractivity contribution in [2.75, 3.05) is 0 Å². The van der Waals surface area contributed by atoms with Crippen LogP contribution in [0.5, 0.6) is 0 Å². The van der Waals surface area contributed by atoms with Crippen LogP contribution in [-0.2, 0) is 0 Å². The van der Waals surface area contributed by atoms with E-state index in [2.05, 4.69) is 35.8 Å². The molecule has 0 spiro atoms. The van der Waals surface area contributed by atoms with Crippen molar-refractivity contribution in [3.63, 3.8) is 0 Å². The largest absolute Gasteiger partial charge is 0.253 e. The van der Waals surface area contributed by atoms with Crippen molar-refractivity contribution in [3.8, 4) is 35.0 Å². The molecule has 0 aliphatic rings. The van der Waals surface area contributed by atoms with Crippen molar-refractivity contribution >= 4 is 0 Å². The van der Waals surface area contributed by atoms with Crippen LogP contribution in [0.25, 0.3) is 22.6 Å². The molecule has 0 aliphatic carbocycles. The van der Waals surface area contributed by atoms with Gasteiger partial charge in [-0.3, -0.25) is 4.98 Å². The normalized spacial score (nSPS) is 10.5. The molecule has 112 valence electrons. The molecule has 3 nitrogen and oxygen atoms in total. The number of hydrogen-bond acceptors (Lipinski definition) is 3. The third-order valence-electron chi connectivity index (χ3n) is 3.59. The summed E-state index contributed by atoms with van der Waals surface area (Å²) in [4.78, 5) is 13.5. The molecule has 3 aromatic rings. The molecular weight excluding hydrogens is 282 g/mol. The molecule has 0 aliphatic heterocycles. The monoisotopic (exact) mass is 299 g/mol. The molecule has 0 fully saturated rings. The Morgan fingerprint density at radius 1 is 0.957 bits per heavy atom. The number of nitrogens with zero attached hydrogens (tertiary/aromatic N) is 3. The Bertz CT molecular complexity index is 862. The lowest BCUT2D eigenvalue weighted by Gasteiger charge is -2.11. The second-order valence-electron chi connectivity index (χ2n) is 5.62. The zero-order valence-electron chi connectivity index (χ0n) is 13.2. The summed E-state index contributed by atoms with van der Waals surface area (Å²) in [7, 11) is 0. The number of rotatable bonds is 3. The van der Waals surface area contributed by atoms with Gasteiger partial charge in [-0.15, -0.1) is 6.42 Å². The van der Waals surface area contributed by atoms with Crippen LogP contribution >= 0.6 is 0 Å². The maximum atomic E-state index is 5.51. The minimum absolute atomic E-state index is 0.313. The second kappa shape index (κ2) is 6.41. The first-order valence-electron chi connectivity index (χ1n) is 7.54. The molecule has 23 heavy (non-hydrogen) atoms. The third-order valence-corrected chi connectivity index (χ3v) is 3.59. The van der Waals surface area contributed by atoms with Crippen LogP contribution in [0.3, 0.4) is 0 Å². The summed E-state index contributed by atoms with van der Waals surface area (Å²) in [5.41, 5.74) is 4.70. The Morgan fingerprint density at radius 2 is 1.74 bits per heavy atom. The molecule has 2 heterocycles. The first-order valence-corrected chi connectivity index (χ1v) is 7.54. The van der Waals surface area contributed by atoms with Gasteiger partial charge in [0.2, 0.25) is 0 Å². The lowest BCUT2D eigenvalue weighted by Crippen LogP contribution is -1.98. The predicted molar refractivity (Wildman–Crippen MR) is 92.7 cm³/mol. The zero-order chi connectivity index (χ0) is 16.2. The Morgan fingerprint density at radius 3 is 2.43 bits per heavy atom. The summed E-state index contributed by atoms with van der Waals surface area (Å²) in [6.07, 6.45) is 9.00.